The summed E-state index contributed by atoms with van der Waals surface area (Å²) in [5.74, 6) is -1.47. The highest BCUT2D eigenvalue weighted by atomic mass is 32.2. The maximum absolute atomic E-state index is 15.5. The molecule has 4 heterocycles. The van der Waals surface area contributed by atoms with Crippen LogP contribution in [-0.4, -0.2) is 79.7 Å². The minimum atomic E-state index is -4.81. The van der Waals surface area contributed by atoms with Gasteiger partial charge in [0.15, 0.2) is 0 Å². The van der Waals surface area contributed by atoms with E-state index in [4.69, 9.17) is 20.9 Å². The third-order valence-electron chi connectivity index (χ3n) is 7.21. The Labute approximate surface area is 222 Å². The molecule has 2 aromatic heterocycles. The molecule has 39 heavy (non-hydrogen) atoms. The Kier molecular flexibility index (Phi) is 7.11. The van der Waals surface area contributed by atoms with Gasteiger partial charge in [-0.3, -0.25) is 9.47 Å². The fraction of sp³-hybridized carbons (Fsp3) is 0.458. The largest absolute Gasteiger partial charge is 0.495 e. The molecule has 0 radical (unpaired) electrons. The summed E-state index contributed by atoms with van der Waals surface area (Å²) in [7, 11) is -3.06. The topological polar surface area (TPSA) is 129 Å². The second kappa shape index (κ2) is 10.1. The quantitative estimate of drug-likeness (QED) is 0.447. The summed E-state index contributed by atoms with van der Waals surface area (Å²) in [4.78, 5) is 5.63. The summed E-state index contributed by atoms with van der Waals surface area (Å²) >= 11 is 0. The fourth-order valence-electron chi connectivity index (χ4n) is 5.28. The van der Waals surface area contributed by atoms with Crippen LogP contribution in [0.5, 0.6) is 5.75 Å². The van der Waals surface area contributed by atoms with Crippen molar-refractivity contribution in [2.24, 2.45) is 0 Å². The van der Waals surface area contributed by atoms with Crippen molar-refractivity contribution < 1.29 is 35.5 Å². The molecule has 2 aliphatic rings. The third kappa shape index (κ3) is 4.99. The van der Waals surface area contributed by atoms with E-state index in [1.807, 2.05) is 0 Å². The van der Waals surface area contributed by atoms with Crippen molar-refractivity contribution in [1.29, 1.82) is 0 Å². The number of nitrogens with two attached hydrogens (primary N) is 2. The molecule has 10 nitrogen and oxygen atoms in total. The molecule has 1 aromatic carbocycles. The number of nitrogens with zero attached hydrogens (tertiary/aromatic N) is 4. The average molecular weight is 573 g/mol. The molecule has 0 bridgehead atoms. The first kappa shape index (κ1) is 27.4. The predicted octanol–water partition coefficient (Wildman–Crippen LogP) is 2.84. The normalized spacial score (nSPS) is 18.6. The summed E-state index contributed by atoms with van der Waals surface area (Å²) < 4.78 is 96.7. The standard InChI is InChI=1S/C24H28F4N6O4S/c1-37-19-12-20(39(35,36)33-4-2-14(3-5-33)32-6-8-38-9-7-32)16(25)10-18(19)34-13-15(24(26,27)28)22-17(29)11-21(30)31-23(22)34/h10-14H,2-9H2,1H3,(H4,29,30,31). The van der Waals surface area contributed by atoms with Gasteiger partial charge in [0.05, 0.1) is 37.0 Å². The van der Waals surface area contributed by atoms with Crippen LogP contribution in [-0.2, 0) is 20.9 Å². The van der Waals surface area contributed by atoms with Gasteiger partial charge in [0.25, 0.3) is 0 Å². The Hall–Kier alpha value is -3.14. The number of pyridine rings is 1. The number of alkyl halides is 3. The van der Waals surface area contributed by atoms with Gasteiger partial charge in [-0.15, -0.1) is 0 Å². The van der Waals surface area contributed by atoms with Crippen LogP contribution in [0.4, 0.5) is 29.1 Å². The maximum atomic E-state index is 15.5. The van der Waals surface area contributed by atoms with Crippen LogP contribution in [0.2, 0.25) is 0 Å². The zero-order valence-electron chi connectivity index (χ0n) is 21.0. The van der Waals surface area contributed by atoms with Crippen molar-refractivity contribution in [1.82, 2.24) is 18.8 Å². The van der Waals surface area contributed by atoms with Crippen LogP contribution in [0.3, 0.4) is 0 Å². The molecule has 0 spiro atoms. The number of piperidine rings is 1. The molecule has 15 heteroatoms. The molecule has 0 unspecified atom stereocenters. The molecular weight excluding hydrogens is 544 g/mol. The van der Waals surface area contributed by atoms with Crippen molar-refractivity contribution in [3.8, 4) is 11.4 Å². The molecule has 2 aliphatic heterocycles. The van der Waals surface area contributed by atoms with Crippen molar-refractivity contribution in [2.75, 3.05) is 58.0 Å². The van der Waals surface area contributed by atoms with Crippen molar-refractivity contribution in [2.45, 2.75) is 30.0 Å². The molecule has 2 fully saturated rings. The lowest BCUT2D eigenvalue weighted by Crippen LogP contribution is -2.50. The number of fused-ring (bicyclic) bond motifs is 1. The predicted molar refractivity (Wildman–Crippen MR) is 136 cm³/mol. The van der Waals surface area contributed by atoms with E-state index >= 15 is 4.39 Å². The number of morpholine rings is 1. The van der Waals surface area contributed by atoms with E-state index in [2.05, 4.69) is 9.88 Å². The first-order valence-electron chi connectivity index (χ1n) is 12.3. The van der Waals surface area contributed by atoms with Crippen LogP contribution in [0.15, 0.2) is 29.3 Å². The molecule has 0 atom stereocenters. The molecule has 212 valence electrons. The van der Waals surface area contributed by atoms with E-state index in [1.54, 1.807) is 0 Å². The number of sulfonamides is 1. The lowest BCUT2D eigenvalue weighted by atomic mass is 10.0. The summed E-state index contributed by atoms with van der Waals surface area (Å²) in [5, 5.41) is -0.418. The summed E-state index contributed by atoms with van der Waals surface area (Å²) in [6.07, 6.45) is -2.94. The highest BCUT2D eigenvalue weighted by molar-refractivity contribution is 7.89. The SMILES string of the molecule is COc1cc(S(=O)(=O)N2CCC(N3CCOCC3)CC2)c(F)cc1-n1cc(C(F)(F)F)c2c(N)cc(N)nc21. The fourth-order valence-corrected chi connectivity index (χ4v) is 6.81. The Morgan fingerprint density at radius 1 is 1.08 bits per heavy atom. The maximum Gasteiger partial charge on any atom is 0.418 e. The second-order valence-electron chi connectivity index (χ2n) is 9.48. The van der Waals surface area contributed by atoms with E-state index in [0.29, 0.717) is 32.3 Å². The minimum absolute atomic E-state index is 0.146. The monoisotopic (exact) mass is 572 g/mol. The second-order valence-corrected chi connectivity index (χ2v) is 11.4. The van der Waals surface area contributed by atoms with Crippen LogP contribution < -0.4 is 16.2 Å². The van der Waals surface area contributed by atoms with Gasteiger partial charge in [-0.05, 0) is 12.8 Å². The van der Waals surface area contributed by atoms with Gasteiger partial charge in [-0.1, -0.05) is 0 Å². The first-order chi connectivity index (χ1) is 18.4. The van der Waals surface area contributed by atoms with Gasteiger partial charge in [-0.25, -0.2) is 17.8 Å². The third-order valence-corrected chi connectivity index (χ3v) is 9.12. The molecular formula is C24H28F4N6O4S. The highest BCUT2D eigenvalue weighted by Gasteiger charge is 2.38. The zero-order valence-corrected chi connectivity index (χ0v) is 21.9. The van der Waals surface area contributed by atoms with E-state index in [0.717, 1.165) is 35.9 Å². The Balaban J connectivity index is 1.51. The van der Waals surface area contributed by atoms with Gasteiger partial charge in [-0.2, -0.15) is 17.5 Å². The van der Waals surface area contributed by atoms with Gasteiger partial charge in [0.1, 0.15) is 27.9 Å². The molecule has 5 rings (SSSR count). The number of methoxy groups -OCH3 is 1. The molecule has 3 aromatic rings. The van der Waals surface area contributed by atoms with Gasteiger partial charge < -0.3 is 20.9 Å². The number of ether oxygens (including phenoxy) is 2. The smallest absolute Gasteiger partial charge is 0.418 e. The molecule has 0 amide bonds. The minimum Gasteiger partial charge on any atom is -0.495 e. The lowest BCUT2D eigenvalue weighted by Gasteiger charge is -2.39. The van der Waals surface area contributed by atoms with Crippen LogP contribution in [0, 0.1) is 5.82 Å². The number of hydrogen-bond acceptors (Lipinski definition) is 8. The number of aromatic nitrogens is 2. The lowest BCUT2D eigenvalue weighted by molar-refractivity contribution is -0.136. The summed E-state index contributed by atoms with van der Waals surface area (Å²) in [6, 6.07) is 3.09. The number of halogens is 4. The number of benzene rings is 1. The average Bonchev–Trinajstić information content (AvgIpc) is 3.29. The Morgan fingerprint density at radius 2 is 1.74 bits per heavy atom. The molecule has 2 saturated heterocycles. The van der Waals surface area contributed by atoms with Crippen LogP contribution in [0.1, 0.15) is 18.4 Å². The van der Waals surface area contributed by atoms with Gasteiger partial charge >= 0.3 is 6.18 Å². The van der Waals surface area contributed by atoms with E-state index in [-0.39, 0.29) is 47.7 Å². The number of nitrogen functional groups attached to an aromatic ring is 2. The highest BCUT2D eigenvalue weighted by Crippen LogP contribution is 2.41. The van der Waals surface area contributed by atoms with Gasteiger partial charge in [0.2, 0.25) is 10.0 Å². The molecule has 0 saturated carbocycles. The van der Waals surface area contributed by atoms with Gasteiger partial charge in [0, 0.05) is 62.3 Å². The van der Waals surface area contributed by atoms with Crippen molar-refractivity contribution in [3.63, 3.8) is 0 Å². The summed E-state index contributed by atoms with van der Waals surface area (Å²) in [5.41, 5.74) is 9.72. The van der Waals surface area contributed by atoms with E-state index in [1.165, 1.54) is 11.4 Å². The Bertz CT molecular complexity index is 1500. The Morgan fingerprint density at radius 3 is 2.36 bits per heavy atom. The van der Waals surface area contributed by atoms with Crippen molar-refractivity contribution >= 4 is 32.6 Å². The van der Waals surface area contributed by atoms with E-state index in [9.17, 15) is 21.6 Å². The zero-order chi connectivity index (χ0) is 28.1. The molecule has 0 aliphatic carbocycles. The van der Waals surface area contributed by atoms with Crippen LogP contribution in [0.25, 0.3) is 16.7 Å². The first-order valence-corrected chi connectivity index (χ1v) is 13.7. The molecule has 4 N–H and O–H groups in total. The van der Waals surface area contributed by atoms with Crippen molar-refractivity contribution in [3.05, 3.63) is 35.8 Å². The van der Waals surface area contributed by atoms with Crippen LogP contribution >= 0.6 is 0 Å². The number of rotatable bonds is 5. The number of hydrogen-bond donors (Lipinski definition) is 2. The van der Waals surface area contributed by atoms with E-state index < -0.39 is 37.9 Å². The summed E-state index contributed by atoms with van der Waals surface area (Å²) in [6.45, 7) is 3.22. The number of anilines is 2.